The lowest BCUT2D eigenvalue weighted by Crippen LogP contribution is -2.72. The van der Waals surface area contributed by atoms with E-state index in [4.69, 9.17) is 14.2 Å². The van der Waals surface area contributed by atoms with Crippen molar-refractivity contribution in [3.63, 3.8) is 0 Å². The summed E-state index contributed by atoms with van der Waals surface area (Å²) in [4.78, 5) is 29.0. The summed E-state index contributed by atoms with van der Waals surface area (Å²) in [7, 11) is 1.57. The van der Waals surface area contributed by atoms with Gasteiger partial charge in [-0.1, -0.05) is 29.8 Å². The first-order valence-electron chi connectivity index (χ1n) is 12.3. The van der Waals surface area contributed by atoms with Crippen LogP contribution in [0.5, 0.6) is 17.2 Å². The highest BCUT2D eigenvalue weighted by molar-refractivity contribution is 6.01. The molecule has 0 radical (unpaired) electrons. The number of anilines is 2. The van der Waals surface area contributed by atoms with Gasteiger partial charge in [-0.3, -0.25) is 9.69 Å². The molecule has 0 aliphatic carbocycles. The number of amides is 3. The zero-order valence-electron chi connectivity index (χ0n) is 21.6. The summed E-state index contributed by atoms with van der Waals surface area (Å²) >= 11 is 0. The van der Waals surface area contributed by atoms with Gasteiger partial charge >= 0.3 is 6.03 Å². The average molecular weight is 502 g/mol. The average Bonchev–Trinajstić information content (AvgIpc) is 2.86. The molecule has 3 atom stereocenters. The van der Waals surface area contributed by atoms with Gasteiger partial charge in [0.15, 0.2) is 11.5 Å². The Morgan fingerprint density at radius 1 is 1.14 bits per heavy atom. The molecule has 3 aromatic carbocycles. The molecule has 2 aliphatic heterocycles. The van der Waals surface area contributed by atoms with Gasteiger partial charge in [-0.25, -0.2) is 4.79 Å². The van der Waals surface area contributed by atoms with E-state index in [0.29, 0.717) is 40.8 Å². The van der Waals surface area contributed by atoms with E-state index < -0.39 is 17.7 Å². The first-order chi connectivity index (χ1) is 17.8. The Kier molecular flexibility index (Phi) is 6.19. The number of ether oxygens (including phenoxy) is 3. The molecular formula is C29H31N3O5. The molecule has 0 aromatic heterocycles. The molecular weight excluding hydrogens is 470 g/mol. The van der Waals surface area contributed by atoms with Gasteiger partial charge < -0.3 is 24.8 Å². The molecule has 2 heterocycles. The van der Waals surface area contributed by atoms with Gasteiger partial charge in [0.1, 0.15) is 11.7 Å². The van der Waals surface area contributed by atoms with Crippen LogP contribution in [0, 0.1) is 19.8 Å². The SMILES string of the molecule is CCOc1ccc(N2C(=O)N[C@@H]3c4cccc(OC)c4O[C@]2(C)[C@@H]3C(=O)Nc2ccc(C)cc2C)cc1. The Balaban J connectivity index is 1.61. The third-order valence-electron chi connectivity index (χ3n) is 7.04. The van der Waals surface area contributed by atoms with Crippen LogP contribution in [-0.2, 0) is 4.79 Å². The summed E-state index contributed by atoms with van der Waals surface area (Å²) in [5, 5.41) is 6.15. The Bertz CT molecular complexity index is 1360. The van der Waals surface area contributed by atoms with Gasteiger partial charge in [-0.2, -0.15) is 0 Å². The number of fused-ring (bicyclic) bond motifs is 4. The fourth-order valence-electron chi connectivity index (χ4n) is 5.34. The number of hydrogen-bond acceptors (Lipinski definition) is 5. The zero-order chi connectivity index (χ0) is 26.3. The second kappa shape index (κ2) is 9.35. The number of nitrogens with zero attached hydrogens (tertiary/aromatic N) is 1. The fourth-order valence-corrected chi connectivity index (χ4v) is 5.34. The van der Waals surface area contributed by atoms with Gasteiger partial charge in [-0.15, -0.1) is 0 Å². The molecule has 37 heavy (non-hydrogen) atoms. The minimum absolute atomic E-state index is 0.260. The highest BCUT2D eigenvalue weighted by Gasteiger charge is 2.60. The van der Waals surface area contributed by atoms with E-state index in [1.54, 1.807) is 44.4 Å². The number of aryl methyl sites for hydroxylation is 2. The van der Waals surface area contributed by atoms with Crippen LogP contribution in [0.15, 0.2) is 60.7 Å². The van der Waals surface area contributed by atoms with Crippen LogP contribution in [0.3, 0.4) is 0 Å². The van der Waals surface area contributed by atoms with E-state index in [1.165, 1.54) is 4.90 Å². The van der Waals surface area contributed by atoms with Gasteiger partial charge in [-0.05, 0) is 69.7 Å². The molecule has 0 spiro atoms. The number of hydrogen-bond donors (Lipinski definition) is 2. The van der Waals surface area contributed by atoms with Crippen LogP contribution >= 0.6 is 0 Å². The van der Waals surface area contributed by atoms with E-state index in [9.17, 15) is 9.59 Å². The number of methoxy groups -OCH3 is 1. The predicted octanol–water partition coefficient (Wildman–Crippen LogP) is 5.35. The van der Waals surface area contributed by atoms with Crippen LogP contribution in [0.1, 0.15) is 36.6 Å². The minimum atomic E-state index is -1.36. The maximum atomic E-state index is 14.0. The number of para-hydroxylation sites is 1. The molecule has 2 aliphatic rings. The second-order valence-electron chi connectivity index (χ2n) is 9.51. The van der Waals surface area contributed by atoms with Crippen molar-refractivity contribution in [1.82, 2.24) is 5.32 Å². The quantitative estimate of drug-likeness (QED) is 0.476. The summed E-state index contributed by atoms with van der Waals surface area (Å²) in [5.74, 6) is 0.683. The Morgan fingerprint density at radius 3 is 2.57 bits per heavy atom. The summed E-state index contributed by atoms with van der Waals surface area (Å²) in [5.41, 5.74) is 2.68. The molecule has 0 unspecified atom stereocenters. The summed E-state index contributed by atoms with van der Waals surface area (Å²) in [6.45, 7) is 8.18. The van der Waals surface area contributed by atoms with E-state index in [1.807, 2.05) is 51.1 Å². The lowest BCUT2D eigenvalue weighted by atomic mass is 9.78. The van der Waals surface area contributed by atoms with Crippen LogP contribution in [0.2, 0.25) is 0 Å². The fraction of sp³-hybridized carbons (Fsp3) is 0.310. The van der Waals surface area contributed by atoms with Gasteiger partial charge in [0.05, 0.1) is 19.8 Å². The molecule has 2 N–H and O–H groups in total. The first-order valence-corrected chi connectivity index (χ1v) is 12.3. The Hall–Kier alpha value is -4.20. The number of carbonyl (C=O) groups excluding carboxylic acids is 2. The van der Waals surface area contributed by atoms with E-state index in [0.717, 1.165) is 11.1 Å². The Morgan fingerprint density at radius 2 is 1.89 bits per heavy atom. The van der Waals surface area contributed by atoms with E-state index in [-0.39, 0.29) is 11.9 Å². The van der Waals surface area contributed by atoms with Crippen molar-refractivity contribution in [2.24, 2.45) is 5.92 Å². The lowest BCUT2D eigenvalue weighted by molar-refractivity contribution is -0.131. The molecule has 3 aromatic rings. The number of carbonyl (C=O) groups is 2. The molecule has 2 bridgehead atoms. The first kappa shape index (κ1) is 24.5. The zero-order valence-corrected chi connectivity index (χ0v) is 21.6. The third kappa shape index (κ3) is 4.12. The summed E-state index contributed by atoms with van der Waals surface area (Å²) in [6.07, 6.45) is 0. The van der Waals surface area contributed by atoms with Crippen LogP contribution < -0.4 is 29.7 Å². The molecule has 8 heteroatoms. The van der Waals surface area contributed by atoms with Crippen molar-refractivity contribution in [2.45, 2.75) is 39.5 Å². The van der Waals surface area contributed by atoms with Gasteiger partial charge in [0, 0.05) is 16.9 Å². The highest BCUT2D eigenvalue weighted by Crippen LogP contribution is 2.52. The van der Waals surface area contributed by atoms with Crippen LogP contribution in [0.4, 0.5) is 16.2 Å². The summed E-state index contributed by atoms with van der Waals surface area (Å²) in [6, 6.07) is 17.5. The predicted molar refractivity (Wildman–Crippen MR) is 141 cm³/mol. The lowest BCUT2D eigenvalue weighted by Gasteiger charge is -2.54. The molecule has 1 saturated heterocycles. The molecule has 0 saturated carbocycles. The van der Waals surface area contributed by atoms with Crippen molar-refractivity contribution in [1.29, 1.82) is 0 Å². The maximum Gasteiger partial charge on any atom is 0.325 e. The number of urea groups is 1. The van der Waals surface area contributed by atoms with Gasteiger partial charge in [0.2, 0.25) is 11.6 Å². The summed E-state index contributed by atoms with van der Waals surface area (Å²) < 4.78 is 17.7. The standard InChI is InChI=1S/C29H31N3O5/c1-6-36-20-13-11-19(12-14-20)32-28(34)31-25-21-8-7-9-23(35-5)26(21)37-29(32,4)24(25)27(33)30-22-15-10-17(2)16-18(22)3/h7-16,24-25H,6H2,1-5H3,(H,30,33)(H,31,34)/t24-,25+,29+/m0/s1. The van der Waals surface area contributed by atoms with Gasteiger partial charge in [0.25, 0.3) is 0 Å². The smallest absolute Gasteiger partial charge is 0.325 e. The number of nitrogens with one attached hydrogen (secondary N) is 2. The van der Waals surface area contributed by atoms with Crippen molar-refractivity contribution in [2.75, 3.05) is 23.9 Å². The molecule has 5 rings (SSSR count). The largest absolute Gasteiger partial charge is 0.494 e. The number of rotatable bonds is 6. The van der Waals surface area contributed by atoms with Crippen LogP contribution in [0.25, 0.3) is 0 Å². The molecule has 8 nitrogen and oxygen atoms in total. The molecule has 1 fully saturated rings. The van der Waals surface area contributed by atoms with E-state index in [2.05, 4.69) is 10.6 Å². The van der Waals surface area contributed by atoms with Crippen molar-refractivity contribution in [3.05, 3.63) is 77.4 Å². The van der Waals surface area contributed by atoms with Crippen molar-refractivity contribution >= 4 is 23.3 Å². The van der Waals surface area contributed by atoms with Crippen molar-refractivity contribution < 1.29 is 23.8 Å². The topological polar surface area (TPSA) is 89.1 Å². The maximum absolute atomic E-state index is 14.0. The van der Waals surface area contributed by atoms with Crippen molar-refractivity contribution in [3.8, 4) is 17.2 Å². The molecule has 3 amide bonds. The molecule has 192 valence electrons. The second-order valence-corrected chi connectivity index (χ2v) is 9.51. The third-order valence-corrected chi connectivity index (χ3v) is 7.04. The number of benzene rings is 3. The van der Waals surface area contributed by atoms with Crippen LogP contribution in [-0.4, -0.2) is 31.4 Å². The van der Waals surface area contributed by atoms with E-state index >= 15 is 0 Å². The normalized spacial score (nSPS) is 21.9. The minimum Gasteiger partial charge on any atom is -0.494 e. The Labute approximate surface area is 216 Å². The monoisotopic (exact) mass is 501 g/mol. The highest BCUT2D eigenvalue weighted by atomic mass is 16.5.